The summed E-state index contributed by atoms with van der Waals surface area (Å²) < 4.78 is 35.7. The Morgan fingerprint density at radius 1 is 1.17 bits per heavy atom. The van der Waals surface area contributed by atoms with Crippen molar-refractivity contribution in [1.82, 2.24) is 5.32 Å². The predicted molar refractivity (Wildman–Crippen MR) is 56.8 cm³/mol. The van der Waals surface area contributed by atoms with Gasteiger partial charge in [-0.15, -0.1) is 0 Å². The Kier molecular flexibility index (Phi) is 4.98. The zero-order chi connectivity index (χ0) is 13.8. The SMILES string of the molecule is O=C(CC(F)(F)F)NCC1CCC(C(=O)O)CC1. The lowest BCUT2D eigenvalue weighted by Crippen LogP contribution is -2.34. The molecular formula is C11H16F3NO3. The molecule has 1 aliphatic carbocycles. The average molecular weight is 267 g/mol. The molecule has 2 N–H and O–H groups in total. The van der Waals surface area contributed by atoms with Crippen LogP contribution in [0.2, 0.25) is 0 Å². The number of hydrogen-bond donors (Lipinski definition) is 2. The van der Waals surface area contributed by atoms with Crippen LogP contribution in [0.5, 0.6) is 0 Å². The van der Waals surface area contributed by atoms with Gasteiger partial charge in [0.15, 0.2) is 0 Å². The number of carbonyl (C=O) groups is 2. The Hall–Kier alpha value is -1.27. The summed E-state index contributed by atoms with van der Waals surface area (Å²) >= 11 is 0. The van der Waals surface area contributed by atoms with Crippen molar-refractivity contribution in [3.05, 3.63) is 0 Å². The monoisotopic (exact) mass is 267 g/mol. The van der Waals surface area contributed by atoms with Gasteiger partial charge in [0.1, 0.15) is 6.42 Å². The second-order valence-corrected chi connectivity index (χ2v) is 4.65. The molecule has 7 heteroatoms. The number of halogens is 3. The summed E-state index contributed by atoms with van der Waals surface area (Å²) in [6, 6.07) is 0. The van der Waals surface area contributed by atoms with Gasteiger partial charge in [-0.2, -0.15) is 13.2 Å². The minimum Gasteiger partial charge on any atom is -0.481 e. The van der Waals surface area contributed by atoms with Crippen LogP contribution in [0.3, 0.4) is 0 Å². The molecule has 0 radical (unpaired) electrons. The second-order valence-electron chi connectivity index (χ2n) is 4.65. The normalized spacial score (nSPS) is 24.6. The quantitative estimate of drug-likeness (QED) is 0.818. The summed E-state index contributed by atoms with van der Waals surface area (Å²) in [7, 11) is 0. The molecular weight excluding hydrogens is 251 g/mol. The first kappa shape index (κ1) is 14.8. The third kappa shape index (κ3) is 5.37. The maximum atomic E-state index is 11.9. The van der Waals surface area contributed by atoms with Crippen LogP contribution < -0.4 is 5.32 Å². The highest BCUT2D eigenvalue weighted by molar-refractivity contribution is 5.76. The first-order chi connectivity index (χ1) is 8.28. The van der Waals surface area contributed by atoms with E-state index in [1.54, 1.807) is 0 Å². The lowest BCUT2D eigenvalue weighted by atomic mass is 9.82. The van der Waals surface area contributed by atoms with Crippen LogP contribution in [0.25, 0.3) is 0 Å². The number of carbonyl (C=O) groups excluding carboxylic acids is 1. The first-order valence-corrected chi connectivity index (χ1v) is 5.84. The second kappa shape index (κ2) is 6.06. The molecule has 0 atom stereocenters. The summed E-state index contributed by atoms with van der Waals surface area (Å²) in [6.07, 6.45) is -3.64. The summed E-state index contributed by atoms with van der Waals surface area (Å²) in [5.41, 5.74) is 0. The molecule has 0 saturated heterocycles. The fourth-order valence-corrected chi connectivity index (χ4v) is 2.12. The Morgan fingerprint density at radius 3 is 2.17 bits per heavy atom. The number of hydrogen-bond acceptors (Lipinski definition) is 2. The zero-order valence-electron chi connectivity index (χ0n) is 9.79. The Labute approximate surface area is 103 Å². The molecule has 1 amide bonds. The van der Waals surface area contributed by atoms with Crippen LogP contribution >= 0.6 is 0 Å². The number of rotatable bonds is 4. The third-order valence-electron chi connectivity index (χ3n) is 3.14. The minimum absolute atomic E-state index is 0.0813. The smallest absolute Gasteiger partial charge is 0.397 e. The molecule has 104 valence electrons. The molecule has 0 heterocycles. The molecule has 1 rings (SSSR count). The van der Waals surface area contributed by atoms with Crippen LogP contribution in [0.1, 0.15) is 32.1 Å². The van der Waals surface area contributed by atoms with Gasteiger partial charge in [0.25, 0.3) is 0 Å². The number of aliphatic carboxylic acids is 1. The van der Waals surface area contributed by atoms with E-state index in [9.17, 15) is 22.8 Å². The zero-order valence-corrected chi connectivity index (χ0v) is 9.79. The molecule has 0 aromatic heterocycles. The van der Waals surface area contributed by atoms with E-state index in [1.807, 2.05) is 0 Å². The topological polar surface area (TPSA) is 66.4 Å². The molecule has 18 heavy (non-hydrogen) atoms. The standard InChI is InChI=1S/C11H16F3NO3/c12-11(13,14)5-9(16)15-6-7-1-3-8(4-2-7)10(17)18/h7-8H,1-6H2,(H,15,16)(H,17,18). The van der Waals surface area contributed by atoms with Crippen molar-refractivity contribution in [3.8, 4) is 0 Å². The molecule has 0 aromatic rings. The molecule has 4 nitrogen and oxygen atoms in total. The van der Waals surface area contributed by atoms with Crippen LogP contribution in [-0.2, 0) is 9.59 Å². The number of nitrogens with one attached hydrogen (secondary N) is 1. The van der Waals surface area contributed by atoms with Gasteiger partial charge in [-0.05, 0) is 31.6 Å². The van der Waals surface area contributed by atoms with Gasteiger partial charge in [-0.1, -0.05) is 0 Å². The van der Waals surface area contributed by atoms with E-state index in [2.05, 4.69) is 5.32 Å². The molecule has 0 spiro atoms. The van der Waals surface area contributed by atoms with E-state index in [-0.39, 0.29) is 18.4 Å². The molecule has 0 aromatic carbocycles. The first-order valence-electron chi connectivity index (χ1n) is 5.84. The molecule has 0 bridgehead atoms. The van der Waals surface area contributed by atoms with E-state index < -0.39 is 24.5 Å². The largest absolute Gasteiger partial charge is 0.481 e. The van der Waals surface area contributed by atoms with Gasteiger partial charge < -0.3 is 10.4 Å². The van der Waals surface area contributed by atoms with Gasteiger partial charge >= 0.3 is 12.1 Å². The van der Waals surface area contributed by atoms with Crippen LogP contribution in [-0.4, -0.2) is 29.7 Å². The van der Waals surface area contributed by atoms with Crippen molar-refractivity contribution in [1.29, 1.82) is 0 Å². The molecule has 1 fully saturated rings. The predicted octanol–water partition coefficient (Wildman–Crippen LogP) is 1.95. The summed E-state index contributed by atoms with van der Waals surface area (Å²) in [5.74, 6) is -2.12. The van der Waals surface area contributed by atoms with E-state index >= 15 is 0 Å². The highest BCUT2D eigenvalue weighted by atomic mass is 19.4. The Morgan fingerprint density at radius 2 is 1.72 bits per heavy atom. The van der Waals surface area contributed by atoms with E-state index in [4.69, 9.17) is 5.11 Å². The fraction of sp³-hybridized carbons (Fsp3) is 0.818. The number of amides is 1. The summed E-state index contributed by atoms with van der Waals surface area (Å²) in [5, 5.41) is 11.0. The molecule has 1 aliphatic rings. The fourth-order valence-electron chi connectivity index (χ4n) is 2.12. The third-order valence-corrected chi connectivity index (χ3v) is 3.14. The van der Waals surface area contributed by atoms with Crippen molar-refractivity contribution in [3.63, 3.8) is 0 Å². The van der Waals surface area contributed by atoms with Gasteiger partial charge in [0.05, 0.1) is 5.92 Å². The van der Waals surface area contributed by atoms with Crippen LogP contribution in [0, 0.1) is 11.8 Å². The highest BCUT2D eigenvalue weighted by Crippen LogP contribution is 2.28. The molecule has 1 saturated carbocycles. The number of carboxylic acid groups (broad SMARTS) is 1. The van der Waals surface area contributed by atoms with E-state index in [0.717, 1.165) is 0 Å². The van der Waals surface area contributed by atoms with Crippen molar-refractivity contribution in [2.75, 3.05) is 6.54 Å². The van der Waals surface area contributed by atoms with Gasteiger partial charge in [0, 0.05) is 6.54 Å². The Balaban J connectivity index is 2.22. The average Bonchev–Trinajstić information content (AvgIpc) is 2.24. The van der Waals surface area contributed by atoms with Gasteiger partial charge in [0.2, 0.25) is 5.91 Å². The van der Waals surface area contributed by atoms with Crippen molar-refractivity contribution >= 4 is 11.9 Å². The van der Waals surface area contributed by atoms with Crippen LogP contribution in [0.4, 0.5) is 13.2 Å². The van der Waals surface area contributed by atoms with Crippen molar-refractivity contribution in [2.45, 2.75) is 38.3 Å². The molecule has 0 unspecified atom stereocenters. The van der Waals surface area contributed by atoms with E-state index in [0.29, 0.717) is 25.7 Å². The lowest BCUT2D eigenvalue weighted by Gasteiger charge is -2.26. The lowest BCUT2D eigenvalue weighted by molar-refractivity contribution is -0.154. The number of carboxylic acids is 1. The van der Waals surface area contributed by atoms with Crippen LogP contribution in [0.15, 0.2) is 0 Å². The van der Waals surface area contributed by atoms with Gasteiger partial charge in [-0.3, -0.25) is 9.59 Å². The van der Waals surface area contributed by atoms with Crippen molar-refractivity contribution in [2.24, 2.45) is 11.8 Å². The Bertz CT molecular complexity index is 309. The summed E-state index contributed by atoms with van der Waals surface area (Å²) in [4.78, 5) is 21.6. The molecule has 0 aliphatic heterocycles. The maximum Gasteiger partial charge on any atom is 0.397 e. The van der Waals surface area contributed by atoms with Gasteiger partial charge in [-0.25, -0.2) is 0 Å². The summed E-state index contributed by atoms with van der Waals surface area (Å²) in [6.45, 7) is 0.196. The maximum absolute atomic E-state index is 11.9. The number of alkyl halides is 3. The van der Waals surface area contributed by atoms with E-state index in [1.165, 1.54) is 0 Å². The van der Waals surface area contributed by atoms with Crippen molar-refractivity contribution < 1.29 is 27.9 Å². The highest BCUT2D eigenvalue weighted by Gasteiger charge is 2.31. The minimum atomic E-state index is -4.48.